The smallest absolute Gasteiger partial charge is 0.309 e. The fourth-order valence-electron chi connectivity index (χ4n) is 4.82. The van der Waals surface area contributed by atoms with Crippen molar-refractivity contribution in [3.63, 3.8) is 0 Å². The average Bonchev–Trinajstić information content (AvgIpc) is 3.45. The van der Waals surface area contributed by atoms with E-state index in [2.05, 4.69) is 9.88 Å². The normalized spacial score (nSPS) is 13.9. The molecule has 214 valence electrons. The van der Waals surface area contributed by atoms with E-state index in [1.807, 2.05) is 24.3 Å². The number of hydrogen-bond acceptors (Lipinski definition) is 8. The number of benzene rings is 2. The van der Waals surface area contributed by atoms with Gasteiger partial charge in [-0.25, -0.2) is 9.37 Å². The second-order valence-corrected chi connectivity index (χ2v) is 10.6. The van der Waals surface area contributed by atoms with Gasteiger partial charge in [0.1, 0.15) is 16.5 Å². The van der Waals surface area contributed by atoms with Gasteiger partial charge in [0.25, 0.3) is 5.91 Å². The minimum absolute atomic E-state index is 0.129. The van der Waals surface area contributed by atoms with Gasteiger partial charge >= 0.3 is 5.97 Å². The van der Waals surface area contributed by atoms with E-state index in [9.17, 15) is 14.0 Å². The molecule has 1 fully saturated rings. The standard InChI is InChI=1S/C30H36FN3O5S/c1-4-39-30(36)22-12-15-34(16-13-22)29(35)25-20-40-28(32-25)19-33(18-23-7-5-6-8-24(23)31)14-11-21-9-10-26(37-2)27(17-21)38-3/h5-10,17,20,22H,4,11-16,18-19H2,1-3H3. The third-order valence-corrected chi connectivity index (χ3v) is 7.88. The highest BCUT2D eigenvalue weighted by molar-refractivity contribution is 7.09. The second kappa shape index (κ2) is 14.2. The number of halogens is 1. The summed E-state index contributed by atoms with van der Waals surface area (Å²) in [6.45, 7) is 4.69. The first-order valence-electron chi connectivity index (χ1n) is 13.5. The van der Waals surface area contributed by atoms with Crippen molar-refractivity contribution >= 4 is 23.2 Å². The van der Waals surface area contributed by atoms with Crippen molar-refractivity contribution in [2.75, 3.05) is 40.5 Å². The van der Waals surface area contributed by atoms with Crippen LogP contribution < -0.4 is 9.47 Å². The predicted octanol–water partition coefficient (Wildman–Crippen LogP) is 4.96. The van der Waals surface area contributed by atoms with Crippen LogP contribution in [0.5, 0.6) is 11.5 Å². The van der Waals surface area contributed by atoms with Crippen LogP contribution in [0, 0.1) is 11.7 Å². The Morgan fingerprint density at radius 2 is 1.82 bits per heavy atom. The van der Waals surface area contributed by atoms with E-state index in [1.54, 1.807) is 43.6 Å². The minimum Gasteiger partial charge on any atom is -0.493 e. The summed E-state index contributed by atoms with van der Waals surface area (Å²) in [5.74, 6) is 0.603. The van der Waals surface area contributed by atoms with Gasteiger partial charge in [-0.05, 0) is 49.9 Å². The Morgan fingerprint density at radius 1 is 1.07 bits per heavy atom. The first kappa shape index (κ1) is 29.5. The van der Waals surface area contributed by atoms with Gasteiger partial charge in [0.15, 0.2) is 11.5 Å². The highest BCUT2D eigenvalue weighted by Gasteiger charge is 2.29. The molecule has 40 heavy (non-hydrogen) atoms. The Bertz CT molecular complexity index is 1290. The van der Waals surface area contributed by atoms with Gasteiger partial charge < -0.3 is 19.1 Å². The molecule has 3 aromatic rings. The molecule has 1 aliphatic heterocycles. The number of likely N-dealkylation sites (tertiary alicyclic amines) is 1. The van der Waals surface area contributed by atoms with Crippen molar-refractivity contribution in [1.29, 1.82) is 0 Å². The SMILES string of the molecule is CCOC(=O)C1CCN(C(=O)c2csc(CN(CCc3ccc(OC)c(OC)c3)Cc3ccccc3F)n2)CC1. The number of aromatic nitrogens is 1. The van der Waals surface area contributed by atoms with E-state index in [0.29, 0.717) is 81.3 Å². The molecule has 1 aliphatic rings. The van der Waals surface area contributed by atoms with Crippen molar-refractivity contribution in [2.24, 2.45) is 5.92 Å². The van der Waals surface area contributed by atoms with Crippen LogP contribution in [-0.4, -0.2) is 67.1 Å². The lowest BCUT2D eigenvalue weighted by atomic mass is 9.97. The molecule has 0 atom stereocenters. The van der Waals surface area contributed by atoms with Crippen LogP contribution in [0.1, 0.15) is 46.4 Å². The highest BCUT2D eigenvalue weighted by atomic mass is 32.1. The van der Waals surface area contributed by atoms with Gasteiger partial charge in [-0.15, -0.1) is 11.3 Å². The number of thiazole rings is 1. The molecule has 0 N–H and O–H groups in total. The van der Waals surface area contributed by atoms with Gasteiger partial charge in [0.05, 0.1) is 33.3 Å². The summed E-state index contributed by atoms with van der Waals surface area (Å²) in [7, 11) is 3.21. The summed E-state index contributed by atoms with van der Waals surface area (Å²) in [5, 5.41) is 2.57. The van der Waals surface area contributed by atoms with Crippen molar-refractivity contribution in [1.82, 2.24) is 14.8 Å². The molecular weight excluding hydrogens is 533 g/mol. The number of esters is 1. The summed E-state index contributed by atoms with van der Waals surface area (Å²) in [6.07, 6.45) is 1.89. The molecule has 0 unspecified atom stereocenters. The zero-order valence-corrected chi connectivity index (χ0v) is 24.0. The lowest BCUT2D eigenvalue weighted by Crippen LogP contribution is -2.40. The zero-order chi connectivity index (χ0) is 28.5. The number of nitrogens with zero attached hydrogens (tertiary/aromatic N) is 3. The van der Waals surface area contributed by atoms with Crippen LogP contribution in [0.15, 0.2) is 47.8 Å². The Labute approximate surface area is 238 Å². The highest BCUT2D eigenvalue weighted by Crippen LogP contribution is 2.28. The first-order chi connectivity index (χ1) is 19.4. The summed E-state index contributed by atoms with van der Waals surface area (Å²) in [6, 6.07) is 12.6. The third-order valence-electron chi connectivity index (χ3n) is 7.05. The Balaban J connectivity index is 1.42. The molecule has 8 nitrogen and oxygen atoms in total. The summed E-state index contributed by atoms with van der Waals surface area (Å²) >= 11 is 1.43. The number of carbonyl (C=O) groups excluding carboxylic acids is 2. The number of carbonyl (C=O) groups is 2. The van der Waals surface area contributed by atoms with Crippen LogP contribution in [0.25, 0.3) is 0 Å². The molecule has 0 bridgehead atoms. The fourth-order valence-corrected chi connectivity index (χ4v) is 5.63. The van der Waals surface area contributed by atoms with Gasteiger partial charge in [-0.2, -0.15) is 0 Å². The van der Waals surface area contributed by atoms with Gasteiger partial charge in [-0.3, -0.25) is 14.5 Å². The molecule has 1 aromatic heterocycles. The maximum absolute atomic E-state index is 14.5. The Kier molecular flexibility index (Phi) is 10.5. The zero-order valence-electron chi connectivity index (χ0n) is 23.2. The van der Waals surface area contributed by atoms with E-state index in [-0.39, 0.29) is 23.6 Å². The van der Waals surface area contributed by atoms with Crippen LogP contribution in [0.3, 0.4) is 0 Å². The molecule has 1 amide bonds. The molecule has 4 rings (SSSR count). The van der Waals surface area contributed by atoms with E-state index < -0.39 is 0 Å². The van der Waals surface area contributed by atoms with Gasteiger partial charge in [-0.1, -0.05) is 24.3 Å². The molecule has 1 saturated heterocycles. The maximum Gasteiger partial charge on any atom is 0.309 e. The van der Waals surface area contributed by atoms with Crippen molar-refractivity contribution in [3.05, 3.63) is 75.5 Å². The van der Waals surface area contributed by atoms with Crippen LogP contribution in [0.2, 0.25) is 0 Å². The van der Waals surface area contributed by atoms with E-state index >= 15 is 0 Å². The number of ether oxygens (including phenoxy) is 3. The molecule has 0 saturated carbocycles. The van der Waals surface area contributed by atoms with Crippen molar-refractivity contribution < 1.29 is 28.2 Å². The molecular formula is C30H36FN3O5S. The third kappa shape index (κ3) is 7.57. The minimum atomic E-state index is -0.250. The topological polar surface area (TPSA) is 81.2 Å². The molecule has 0 radical (unpaired) electrons. The number of hydrogen-bond donors (Lipinski definition) is 0. The fraction of sp³-hybridized carbons (Fsp3) is 0.433. The van der Waals surface area contributed by atoms with Crippen molar-refractivity contribution in [3.8, 4) is 11.5 Å². The molecule has 10 heteroatoms. The quantitative estimate of drug-likeness (QED) is 0.285. The summed E-state index contributed by atoms with van der Waals surface area (Å²) in [5.41, 5.74) is 2.07. The molecule has 0 aliphatic carbocycles. The maximum atomic E-state index is 14.5. The van der Waals surface area contributed by atoms with E-state index in [1.165, 1.54) is 17.4 Å². The molecule has 0 spiro atoms. The lowest BCUT2D eigenvalue weighted by molar-refractivity contribution is -0.149. The van der Waals surface area contributed by atoms with E-state index in [0.717, 1.165) is 10.6 Å². The number of amides is 1. The largest absolute Gasteiger partial charge is 0.493 e. The molecule has 2 aromatic carbocycles. The average molecular weight is 570 g/mol. The second-order valence-electron chi connectivity index (χ2n) is 9.69. The van der Waals surface area contributed by atoms with E-state index in [4.69, 9.17) is 14.2 Å². The van der Waals surface area contributed by atoms with Crippen LogP contribution in [-0.2, 0) is 29.0 Å². The number of methoxy groups -OCH3 is 2. The van der Waals surface area contributed by atoms with Crippen LogP contribution >= 0.6 is 11.3 Å². The van der Waals surface area contributed by atoms with Crippen molar-refractivity contribution in [2.45, 2.75) is 39.3 Å². The predicted molar refractivity (Wildman–Crippen MR) is 151 cm³/mol. The van der Waals surface area contributed by atoms with Crippen LogP contribution in [0.4, 0.5) is 4.39 Å². The lowest BCUT2D eigenvalue weighted by Gasteiger charge is -2.30. The Hall–Kier alpha value is -3.50. The molecule has 2 heterocycles. The summed E-state index contributed by atoms with van der Waals surface area (Å²) < 4.78 is 30.4. The number of piperidine rings is 1. The summed E-state index contributed by atoms with van der Waals surface area (Å²) in [4.78, 5) is 33.7. The van der Waals surface area contributed by atoms with Gasteiger partial charge in [0, 0.05) is 37.1 Å². The number of rotatable bonds is 12. The first-order valence-corrected chi connectivity index (χ1v) is 14.4. The monoisotopic (exact) mass is 569 g/mol. The Morgan fingerprint density at radius 3 is 2.52 bits per heavy atom. The van der Waals surface area contributed by atoms with Gasteiger partial charge in [0.2, 0.25) is 0 Å².